The summed E-state index contributed by atoms with van der Waals surface area (Å²) in [6, 6.07) is 5.46. The lowest BCUT2D eigenvalue weighted by atomic mass is 10.2. The van der Waals surface area contributed by atoms with Gasteiger partial charge in [0.15, 0.2) is 0 Å². The van der Waals surface area contributed by atoms with Crippen molar-refractivity contribution in [3.05, 3.63) is 18.2 Å². The molecular weight excluding hydrogens is 282 g/mol. The highest BCUT2D eigenvalue weighted by Crippen LogP contribution is 2.19. The Labute approximate surface area is 132 Å². The molecule has 0 aliphatic rings. The third-order valence-corrected chi connectivity index (χ3v) is 2.80. The van der Waals surface area contributed by atoms with Crippen molar-refractivity contribution in [2.75, 3.05) is 63.0 Å². The van der Waals surface area contributed by atoms with Crippen LogP contribution in [0.2, 0.25) is 0 Å². The van der Waals surface area contributed by atoms with Crippen LogP contribution < -0.4 is 16.8 Å². The Kier molecular flexibility index (Phi) is 9.62. The summed E-state index contributed by atoms with van der Waals surface area (Å²) >= 11 is 0. The number of hydrogen-bond acceptors (Lipinski definition) is 6. The van der Waals surface area contributed by atoms with Crippen LogP contribution in [0.5, 0.6) is 0 Å². The summed E-state index contributed by atoms with van der Waals surface area (Å²) in [5.74, 6) is 2.51. The number of nitrogens with two attached hydrogens (primary N) is 2. The van der Waals surface area contributed by atoms with E-state index in [0.717, 1.165) is 5.69 Å². The van der Waals surface area contributed by atoms with Crippen molar-refractivity contribution in [1.82, 2.24) is 0 Å². The minimum Gasteiger partial charge on any atom is -0.397 e. The molecule has 0 radical (unpaired) electrons. The van der Waals surface area contributed by atoms with Crippen molar-refractivity contribution in [2.24, 2.45) is 0 Å². The molecular formula is C16H25N3O3. The Bertz CT molecular complexity index is 460. The van der Waals surface area contributed by atoms with E-state index in [2.05, 4.69) is 11.2 Å². The molecule has 6 nitrogen and oxygen atoms in total. The summed E-state index contributed by atoms with van der Waals surface area (Å²) in [5, 5.41) is 3.21. The Morgan fingerprint density at radius 2 is 1.55 bits per heavy atom. The summed E-state index contributed by atoms with van der Waals surface area (Å²) in [6.07, 6.45) is 5.74. The van der Waals surface area contributed by atoms with Gasteiger partial charge in [0.05, 0.1) is 51.0 Å². The van der Waals surface area contributed by atoms with Crippen molar-refractivity contribution in [3.63, 3.8) is 0 Å². The predicted molar refractivity (Wildman–Crippen MR) is 89.7 cm³/mol. The van der Waals surface area contributed by atoms with Crippen molar-refractivity contribution in [1.29, 1.82) is 0 Å². The topological polar surface area (TPSA) is 91.8 Å². The molecule has 0 heterocycles. The summed E-state index contributed by atoms with van der Waals surface area (Å²) in [7, 11) is 0. The fraction of sp³-hybridized carbons (Fsp3) is 0.500. The number of rotatable bonds is 12. The van der Waals surface area contributed by atoms with Crippen molar-refractivity contribution in [3.8, 4) is 12.3 Å². The first-order chi connectivity index (χ1) is 10.7. The standard InChI is InChI=1S/C16H25N3O3/c1-2-3-7-20-9-11-22-12-10-21-8-6-19-14-4-5-15(17)16(18)13-14/h1,4-5,13,19H,3,6-12,17-18H2. The van der Waals surface area contributed by atoms with Gasteiger partial charge in [-0.1, -0.05) is 0 Å². The molecule has 6 heteroatoms. The quantitative estimate of drug-likeness (QED) is 0.307. The number of terminal acetylenes is 1. The first-order valence-electron chi connectivity index (χ1n) is 7.29. The average Bonchev–Trinajstić information content (AvgIpc) is 2.52. The maximum atomic E-state index is 5.72. The molecule has 0 amide bonds. The van der Waals surface area contributed by atoms with Crippen LogP contribution in [-0.4, -0.2) is 46.2 Å². The molecule has 0 saturated heterocycles. The van der Waals surface area contributed by atoms with Gasteiger partial charge < -0.3 is 31.0 Å². The predicted octanol–water partition coefficient (Wildman–Crippen LogP) is 1.34. The number of ether oxygens (including phenoxy) is 3. The van der Waals surface area contributed by atoms with Crippen LogP contribution >= 0.6 is 0 Å². The lowest BCUT2D eigenvalue weighted by molar-refractivity contribution is 0.0175. The molecule has 0 aliphatic carbocycles. The smallest absolute Gasteiger partial charge is 0.0701 e. The molecule has 0 spiro atoms. The fourth-order valence-corrected chi connectivity index (χ4v) is 1.63. The third kappa shape index (κ3) is 8.37. The summed E-state index contributed by atoms with van der Waals surface area (Å²) in [6.45, 7) is 4.07. The molecule has 5 N–H and O–H groups in total. The highest BCUT2D eigenvalue weighted by Gasteiger charge is 1.97. The zero-order valence-corrected chi connectivity index (χ0v) is 12.8. The second-order valence-electron chi connectivity index (χ2n) is 4.56. The van der Waals surface area contributed by atoms with E-state index in [1.807, 2.05) is 6.07 Å². The third-order valence-electron chi connectivity index (χ3n) is 2.80. The van der Waals surface area contributed by atoms with Crippen LogP contribution in [-0.2, 0) is 14.2 Å². The van der Waals surface area contributed by atoms with Gasteiger partial charge in [0.2, 0.25) is 0 Å². The SMILES string of the molecule is C#CCCOCCOCCOCCNc1ccc(N)c(N)c1. The number of hydrogen-bond donors (Lipinski definition) is 3. The number of nitrogens with one attached hydrogen (secondary N) is 1. The zero-order valence-electron chi connectivity index (χ0n) is 12.8. The monoisotopic (exact) mass is 307 g/mol. The second-order valence-corrected chi connectivity index (χ2v) is 4.56. The van der Waals surface area contributed by atoms with E-state index in [1.54, 1.807) is 12.1 Å². The van der Waals surface area contributed by atoms with Crippen LogP contribution in [0, 0.1) is 12.3 Å². The van der Waals surface area contributed by atoms with Crippen LogP contribution in [0.4, 0.5) is 17.1 Å². The van der Waals surface area contributed by atoms with E-state index in [4.69, 9.17) is 32.1 Å². The molecule has 0 unspecified atom stereocenters. The molecule has 0 saturated carbocycles. The highest BCUT2D eigenvalue weighted by atomic mass is 16.5. The maximum Gasteiger partial charge on any atom is 0.0701 e. The average molecular weight is 307 g/mol. The van der Waals surface area contributed by atoms with Crippen LogP contribution in [0.1, 0.15) is 6.42 Å². The summed E-state index contributed by atoms with van der Waals surface area (Å²) in [4.78, 5) is 0. The van der Waals surface area contributed by atoms with Crippen molar-refractivity contribution in [2.45, 2.75) is 6.42 Å². The van der Waals surface area contributed by atoms with Gasteiger partial charge in [-0.3, -0.25) is 0 Å². The Balaban J connectivity index is 1.89. The van der Waals surface area contributed by atoms with Gasteiger partial charge in [0, 0.05) is 18.7 Å². The normalized spacial score (nSPS) is 10.3. The van der Waals surface area contributed by atoms with Crippen molar-refractivity contribution >= 4 is 17.1 Å². The molecule has 0 atom stereocenters. The largest absolute Gasteiger partial charge is 0.397 e. The minimum atomic E-state index is 0.549. The van der Waals surface area contributed by atoms with Gasteiger partial charge in [-0.05, 0) is 18.2 Å². The van der Waals surface area contributed by atoms with Gasteiger partial charge in [-0.25, -0.2) is 0 Å². The van der Waals surface area contributed by atoms with E-state index < -0.39 is 0 Å². The van der Waals surface area contributed by atoms with Crippen LogP contribution in [0.25, 0.3) is 0 Å². The Morgan fingerprint density at radius 1 is 0.909 bits per heavy atom. The van der Waals surface area contributed by atoms with Gasteiger partial charge >= 0.3 is 0 Å². The Hall–Kier alpha value is -1.94. The number of anilines is 3. The molecule has 22 heavy (non-hydrogen) atoms. The van der Waals surface area contributed by atoms with Gasteiger partial charge in [-0.2, -0.15) is 0 Å². The summed E-state index contributed by atoms with van der Waals surface area (Å²) in [5.41, 5.74) is 13.5. The first kappa shape index (κ1) is 18.1. The number of benzene rings is 1. The van der Waals surface area contributed by atoms with E-state index in [-0.39, 0.29) is 0 Å². The maximum absolute atomic E-state index is 5.72. The van der Waals surface area contributed by atoms with E-state index in [9.17, 15) is 0 Å². The molecule has 0 bridgehead atoms. The zero-order chi connectivity index (χ0) is 16.0. The van der Waals surface area contributed by atoms with Crippen LogP contribution in [0.15, 0.2) is 18.2 Å². The Morgan fingerprint density at radius 3 is 2.18 bits per heavy atom. The van der Waals surface area contributed by atoms with Gasteiger partial charge in [-0.15, -0.1) is 12.3 Å². The van der Waals surface area contributed by atoms with Gasteiger partial charge in [0.25, 0.3) is 0 Å². The van der Waals surface area contributed by atoms with Crippen molar-refractivity contribution < 1.29 is 14.2 Å². The molecule has 0 aliphatic heterocycles. The summed E-state index contributed by atoms with van der Waals surface area (Å²) < 4.78 is 16.0. The fourth-order valence-electron chi connectivity index (χ4n) is 1.63. The minimum absolute atomic E-state index is 0.549. The molecule has 122 valence electrons. The van der Waals surface area contributed by atoms with Crippen LogP contribution in [0.3, 0.4) is 0 Å². The van der Waals surface area contributed by atoms with E-state index in [0.29, 0.717) is 64.0 Å². The van der Waals surface area contributed by atoms with E-state index in [1.165, 1.54) is 0 Å². The number of nitrogen functional groups attached to an aromatic ring is 2. The molecule has 1 aromatic carbocycles. The lowest BCUT2D eigenvalue weighted by Gasteiger charge is -2.09. The highest BCUT2D eigenvalue weighted by molar-refractivity contribution is 5.69. The van der Waals surface area contributed by atoms with E-state index >= 15 is 0 Å². The second kappa shape index (κ2) is 11.7. The molecule has 0 fully saturated rings. The molecule has 1 rings (SSSR count). The molecule has 1 aromatic rings. The lowest BCUT2D eigenvalue weighted by Crippen LogP contribution is -2.14. The molecule has 0 aromatic heterocycles. The first-order valence-corrected chi connectivity index (χ1v) is 7.29. The van der Waals surface area contributed by atoms with Gasteiger partial charge in [0.1, 0.15) is 0 Å².